The third-order valence-corrected chi connectivity index (χ3v) is 5.92. The SMILES string of the molecule is Cn1ccnc1Sc1nc(C(=O)c2cccs2)c2sccc2n1. The van der Waals surface area contributed by atoms with Gasteiger partial charge in [0, 0.05) is 19.4 Å². The predicted octanol–water partition coefficient (Wildman–Crippen LogP) is 3.87. The van der Waals surface area contributed by atoms with E-state index in [4.69, 9.17) is 0 Å². The number of ketones is 1. The van der Waals surface area contributed by atoms with Crippen LogP contribution in [0.2, 0.25) is 0 Å². The van der Waals surface area contributed by atoms with Crippen molar-refractivity contribution in [3.8, 4) is 0 Å². The first-order valence-corrected chi connectivity index (χ1v) is 9.28. The fraction of sp³-hybridized carbons (Fsp3) is 0.0667. The Balaban J connectivity index is 1.81. The van der Waals surface area contributed by atoms with Crippen molar-refractivity contribution in [3.05, 3.63) is 51.9 Å². The average Bonchev–Trinajstić information content (AvgIpc) is 3.28. The van der Waals surface area contributed by atoms with Gasteiger partial charge in [-0.25, -0.2) is 15.0 Å². The summed E-state index contributed by atoms with van der Waals surface area (Å²) in [6.45, 7) is 0. The molecule has 0 saturated heterocycles. The predicted molar refractivity (Wildman–Crippen MR) is 92.5 cm³/mol. The molecular formula is C15H10N4OS3. The largest absolute Gasteiger partial charge is 0.329 e. The van der Waals surface area contributed by atoms with Crippen molar-refractivity contribution in [2.24, 2.45) is 7.05 Å². The Morgan fingerprint density at radius 3 is 2.87 bits per heavy atom. The van der Waals surface area contributed by atoms with Crippen LogP contribution in [-0.2, 0) is 7.05 Å². The van der Waals surface area contributed by atoms with Crippen LogP contribution in [-0.4, -0.2) is 25.3 Å². The number of nitrogens with zero attached hydrogens (tertiary/aromatic N) is 4. The fourth-order valence-electron chi connectivity index (χ4n) is 2.10. The minimum Gasteiger partial charge on any atom is -0.329 e. The van der Waals surface area contributed by atoms with Crippen molar-refractivity contribution in [2.45, 2.75) is 10.3 Å². The van der Waals surface area contributed by atoms with E-state index in [1.165, 1.54) is 34.4 Å². The van der Waals surface area contributed by atoms with E-state index in [1.54, 1.807) is 6.20 Å². The molecule has 5 nitrogen and oxygen atoms in total. The first kappa shape index (κ1) is 14.6. The van der Waals surface area contributed by atoms with E-state index < -0.39 is 0 Å². The number of thiophene rings is 2. The normalized spacial score (nSPS) is 11.2. The first-order valence-electron chi connectivity index (χ1n) is 6.71. The smallest absolute Gasteiger partial charge is 0.222 e. The topological polar surface area (TPSA) is 60.7 Å². The summed E-state index contributed by atoms with van der Waals surface area (Å²) in [6, 6.07) is 5.60. The number of rotatable bonds is 4. The van der Waals surface area contributed by atoms with Crippen molar-refractivity contribution in [2.75, 3.05) is 0 Å². The number of hydrogen-bond donors (Lipinski definition) is 0. The van der Waals surface area contributed by atoms with Crippen molar-refractivity contribution in [3.63, 3.8) is 0 Å². The van der Waals surface area contributed by atoms with E-state index in [0.717, 1.165) is 15.4 Å². The van der Waals surface area contributed by atoms with Crippen LogP contribution in [0.1, 0.15) is 15.4 Å². The Hall–Kier alpha value is -2.03. The van der Waals surface area contributed by atoms with Gasteiger partial charge in [0.05, 0.1) is 15.1 Å². The lowest BCUT2D eigenvalue weighted by atomic mass is 10.2. The van der Waals surface area contributed by atoms with Gasteiger partial charge >= 0.3 is 0 Å². The molecule has 4 heterocycles. The van der Waals surface area contributed by atoms with Gasteiger partial charge in [-0.1, -0.05) is 6.07 Å². The minimum atomic E-state index is -0.0588. The highest BCUT2D eigenvalue weighted by Crippen LogP contribution is 2.30. The maximum atomic E-state index is 12.7. The van der Waals surface area contributed by atoms with Crippen LogP contribution in [0, 0.1) is 0 Å². The molecule has 0 aliphatic rings. The third kappa shape index (κ3) is 2.69. The van der Waals surface area contributed by atoms with Gasteiger partial charge in [0.25, 0.3) is 0 Å². The Kier molecular flexibility index (Phi) is 3.72. The summed E-state index contributed by atoms with van der Waals surface area (Å²) in [5.41, 5.74) is 1.26. The van der Waals surface area contributed by atoms with Gasteiger partial charge in [0.15, 0.2) is 10.3 Å². The van der Waals surface area contributed by atoms with Crippen molar-refractivity contribution < 1.29 is 4.79 Å². The lowest BCUT2D eigenvalue weighted by Crippen LogP contribution is -2.05. The molecule has 0 aromatic carbocycles. The summed E-state index contributed by atoms with van der Waals surface area (Å²) in [5.74, 6) is -0.0588. The van der Waals surface area contributed by atoms with Crippen LogP contribution in [0.5, 0.6) is 0 Å². The Labute approximate surface area is 144 Å². The molecule has 0 amide bonds. The Bertz CT molecular complexity index is 987. The zero-order valence-corrected chi connectivity index (χ0v) is 14.4. The molecule has 0 unspecified atom stereocenters. The molecule has 0 fully saturated rings. The van der Waals surface area contributed by atoms with Crippen molar-refractivity contribution in [1.82, 2.24) is 19.5 Å². The second kappa shape index (κ2) is 5.88. The highest BCUT2D eigenvalue weighted by atomic mass is 32.2. The molecule has 8 heteroatoms. The summed E-state index contributed by atoms with van der Waals surface area (Å²) in [6.07, 6.45) is 3.59. The number of carbonyl (C=O) groups excluding carboxylic acids is 1. The molecule has 0 saturated carbocycles. The van der Waals surface area contributed by atoms with Gasteiger partial charge < -0.3 is 4.57 Å². The molecule has 0 bridgehead atoms. The molecule has 4 aromatic heterocycles. The van der Waals surface area contributed by atoms with E-state index in [2.05, 4.69) is 15.0 Å². The van der Waals surface area contributed by atoms with E-state index >= 15 is 0 Å². The molecule has 0 aliphatic heterocycles. The van der Waals surface area contributed by atoms with E-state index in [9.17, 15) is 4.79 Å². The van der Waals surface area contributed by atoms with Crippen LogP contribution in [0.25, 0.3) is 10.2 Å². The highest BCUT2D eigenvalue weighted by molar-refractivity contribution is 7.99. The van der Waals surface area contributed by atoms with Gasteiger partial charge in [-0.2, -0.15) is 0 Å². The summed E-state index contributed by atoms with van der Waals surface area (Å²) in [5, 5.41) is 5.14. The molecule has 0 atom stereocenters. The van der Waals surface area contributed by atoms with E-state index in [-0.39, 0.29) is 5.78 Å². The number of fused-ring (bicyclic) bond motifs is 1. The van der Waals surface area contributed by atoms with Gasteiger partial charge in [-0.3, -0.25) is 4.79 Å². The third-order valence-electron chi connectivity index (χ3n) is 3.20. The number of aryl methyl sites for hydroxylation is 1. The molecule has 0 aliphatic carbocycles. The van der Waals surface area contributed by atoms with E-state index in [1.807, 2.05) is 46.8 Å². The lowest BCUT2D eigenvalue weighted by molar-refractivity contribution is 0.103. The first-order chi connectivity index (χ1) is 11.2. The van der Waals surface area contributed by atoms with Crippen molar-refractivity contribution in [1.29, 1.82) is 0 Å². The Morgan fingerprint density at radius 2 is 2.13 bits per heavy atom. The molecule has 23 heavy (non-hydrogen) atoms. The lowest BCUT2D eigenvalue weighted by Gasteiger charge is -2.04. The molecule has 0 radical (unpaired) electrons. The highest BCUT2D eigenvalue weighted by Gasteiger charge is 2.19. The van der Waals surface area contributed by atoms with Crippen LogP contribution in [0.3, 0.4) is 0 Å². The molecule has 0 spiro atoms. The molecular weight excluding hydrogens is 348 g/mol. The number of hydrogen-bond acceptors (Lipinski definition) is 7. The molecule has 0 N–H and O–H groups in total. The van der Waals surface area contributed by atoms with E-state index in [0.29, 0.717) is 15.7 Å². The maximum Gasteiger partial charge on any atom is 0.222 e. The minimum absolute atomic E-state index is 0.0588. The fourth-order valence-corrected chi connectivity index (χ4v) is 4.34. The summed E-state index contributed by atoms with van der Waals surface area (Å²) < 4.78 is 2.72. The molecule has 4 aromatic rings. The summed E-state index contributed by atoms with van der Waals surface area (Å²) >= 11 is 4.26. The van der Waals surface area contributed by atoms with Crippen LogP contribution in [0.15, 0.2) is 51.7 Å². The van der Waals surface area contributed by atoms with Gasteiger partial charge in [0.2, 0.25) is 5.78 Å². The number of carbonyl (C=O) groups is 1. The quantitative estimate of drug-likeness (QED) is 0.409. The van der Waals surface area contributed by atoms with Gasteiger partial charge in [-0.15, -0.1) is 22.7 Å². The summed E-state index contributed by atoms with van der Waals surface area (Å²) in [4.78, 5) is 26.7. The zero-order valence-electron chi connectivity index (χ0n) is 12.0. The van der Waals surface area contributed by atoms with Crippen LogP contribution < -0.4 is 0 Å². The standard InChI is InChI=1S/C15H10N4OS3/c1-19-6-5-16-15(19)23-14-17-9-4-8-22-13(9)11(18-14)12(20)10-3-2-7-21-10/h2-8H,1H3. The van der Waals surface area contributed by atoms with Gasteiger partial charge in [0.1, 0.15) is 5.69 Å². The number of imidazole rings is 1. The van der Waals surface area contributed by atoms with Gasteiger partial charge in [-0.05, 0) is 34.7 Å². The number of aromatic nitrogens is 4. The molecule has 114 valence electrons. The zero-order chi connectivity index (χ0) is 15.8. The average molecular weight is 358 g/mol. The Morgan fingerprint density at radius 1 is 1.22 bits per heavy atom. The monoisotopic (exact) mass is 358 g/mol. The van der Waals surface area contributed by atoms with Crippen LogP contribution in [0.4, 0.5) is 0 Å². The summed E-state index contributed by atoms with van der Waals surface area (Å²) in [7, 11) is 1.91. The second-order valence-corrected chi connectivity index (χ2v) is 7.52. The maximum absolute atomic E-state index is 12.7. The second-order valence-electron chi connectivity index (χ2n) is 4.72. The molecule has 4 rings (SSSR count). The van der Waals surface area contributed by atoms with Crippen molar-refractivity contribution >= 4 is 50.4 Å². The van der Waals surface area contributed by atoms with Crippen LogP contribution >= 0.6 is 34.4 Å².